The first-order valence-corrected chi connectivity index (χ1v) is 10.0. The average molecular weight is 434 g/mol. The molecule has 2 N–H and O–H groups in total. The fourth-order valence-electron chi connectivity index (χ4n) is 2.48. The summed E-state index contributed by atoms with van der Waals surface area (Å²) >= 11 is 0. The zero-order valence-corrected chi connectivity index (χ0v) is 19.0. The van der Waals surface area contributed by atoms with E-state index in [1.54, 1.807) is 0 Å². The van der Waals surface area contributed by atoms with E-state index in [9.17, 15) is 4.79 Å². The first-order chi connectivity index (χ1) is 13.8. The molecule has 0 bridgehead atoms. The van der Waals surface area contributed by atoms with Gasteiger partial charge in [-0.15, -0.1) is 0 Å². The Morgan fingerprint density at radius 2 is 1.38 bits per heavy atom. The first kappa shape index (κ1) is 34.7. The Morgan fingerprint density at radius 3 is 1.76 bits per heavy atom. The molecule has 0 aliphatic rings. The van der Waals surface area contributed by atoms with Crippen LogP contribution in [0.1, 0.15) is 66.2 Å². The van der Waals surface area contributed by atoms with Crippen molar-refractivity contribution in [2.24, 2.45) is 11.8 Å². The second-order valence-corrected chi connectivity index (χ2v) is 6.74. The molecule has 10 heteroatoms. The average Bonchev–Trinajstić information content (AvgIpc) is 2.68. The number of hydrogen-bond donors (Lipinski definition) is 2. The number of rotatable bonds is 13. The van der Waals surface area contributed by atoms with Gasteiger partial charge in [0.05, 0.1) is 6.04 Å². The Morgan fingerprint density at radius 1 is 0.897 bits per heavy atom. The number of carbonyl (C=O) groups excluding carboxylic acids is 7. The molecular formula is C19H35N2O7P. The summed E-state index contributed by atoms with van der Waals surface area (Å²) < 4.78 is 0. The zero-order chi connectivity index (χ0) is 23.5. The predicted octanol–water partition coefficient (Wildman–Crippen LogP) is 1.80. The van der Waals surface area contributed by atoms with Crippen LogP contribution >= 0.6 is 9.39 Å². The third-order valence-corrected chi connectivity index (χ3v) is 4.30. The summed E-state index contributed by atoms with van der Waals surface area (Å²) in [5.74, 6) is 1.78. The highest BCUT2D eigenvalue weighted by Crippen LogP contribution is 2.14. The normalized spacial score (nSPS) is 11.8. The molecule has 0 aliphatic carbocycles. The van der Waals surface area contributed by atoms with Crippen molar-refractivity contribution in [2.45, 2.75) is 72.3 Å². The van der Waals surface area contributed by atoms with Crippen molar-refractivity contribution in [3.63, 3.8) is 0 Å². The Balaban J connectivity index is -0.000000293. The van der Waals surface area contributed by atoms with Gasteiger partial charge in [-0.3, -0.25) is 4.79 Å². The maximum Gasteiger partial charge on any atom is 0.373 e. The summed E-state index contributed by atoms with van der Waals surface area (Å²) in [6.45, 7) is 10.8. The molecule has 0 aliphatic heterocycles. The fraction of sp³-hybridized carbons (Fsp3) is 0.789. The van der Waals surface area contributed by atoms with E-state index in [1.807, 2.05) is 6.92 Å². The molecule has 29 heavy (non-hydrogen) atoms. The van der Waals surface area contributed by atoms with Crippen molar-refractivity contribution < 1.29 is 33.6 Å². The van der Waals surface area contributed by atoms with Crippen molar-refractivity contribution in [3.8, 4) is 0 Å². The van der Waals surface area contributed by atoms with Crippen molar-refractivity contribution in [1.82, 2.24) is 10.4 Å². The summed E-state index contributed by atoms with van der Waals surface area (Å²) in [6, 6.07) is 0.0592. The third kappa shape index (κ3) is 34.1. The highest BCUT2D eigenvalue weighted by molar-refractivity contribution is 7.13. The predicted molar refractivity (Wildman–Crippen MR) is 107 cm³/mol. The lowest BCUT2D eigenvalue weighted by Crippen LogP contribution is -2.39. The van der Waals surface area contributed by atoms with Crippen molar-refractivity contribution in [1.29, 1.82) is 0 Å². The number of nitrogens with one attached hydrogen (secondary N) is 2. The van der Waals surface area contributed by atoms with Crippen LogP contribution in [-0.2, 0) is 33.6 Å². The lowest BCUT2D eigenvalue weighted by atomic mass is 9.94. The Hall–Kier alpha value is -1.84. The fourth-order valence-corrected chi connectivity index (χ4v) is 2.68. The largest absolute Gasteiger partial charge is 0.373 e. The van der Waals surface area contributed by atoms with E-state index in [2.05, 4.69) is 40.6 Å². The quantitative estimate of drug-likeness (QED) is 0.327. The van der Waals surface area contributed by atoms with E-state index < -0.39 is 0 Å². The molecule has 168 valence electrons. The van der Waals surface area contributed by atoms with Gasteiger partial charge in [-0.2, -0.15) is 28.8 Å². The molecule has 0 aromatic heterocycles. The van der Waals surface area contributed by atoms with Gasteiger partial charge in [-0.1, -0.05) is 49.9 Å². The van der Waals surface area contributed by atoms with E-state index in [4.69, 9.17) is 28.8 Å². The van der Waals surface area contributed by atoms with Crippen molar-refractivity contribution in [2.75, 3.05) is 13.1 Å². The van der Waals surface area contributed by atoms with Crippen molar-refractivity contribution in [3.05, 3.63) is 0 Å². The second-order valence-electron chi connectivity index (χ2n) is 6.33. The van der Waals surface area contributed by atoms with E-state index in [-0.39, 0.29) is 24.5 Å². The molecule has 0 spiro atoms. The SMILES string of the molecule is CCC(=O)C(CCCCNP)NCC(C)CC(C)CC.O=C=O.O=C=O.O=C=O. The monoisotopic (exact) mass is 434 g/mol. The molecule has 0 heterocycles. The lowest BCUT2D eigenvalue weighted by molar-refractivity contribution is -0.193. The van der Waals surface area contributed by atoms with E-state index in [0.29, 0.717) is 18.1 Å². The Labute approximate surface area is 175 Å². The Kier molecular flexibility index (Phi) is 36.9. The molecule has 0 aromatic rings. The summed E-state index contributed by atoms with van der Waals surface area (Å²) in [6.07, 6.45) is 7.07. The number of hydrogen-bond acceptors (Lipinski definition) is 9. The van der Waals surface area contributed by atoms with E-state index in [1.165, 1.54) is 12.8 Å². The minimum Gasteiger partial charge on any atom is -0.307 e. The van der Waals surface area contributed by atoms with Crippen LogP contribution in [0.4, 0.5) is 0 Å². The van der Waals surface area contributed by atoms with Gasteiger partial charge >= 0.3 is 18.5 Å². The number of Topliss-reactive ketones (excluding diaryl/α,β-unsaturated/α-hetero) is 1. The van der Waals surface area contributed by atoms with Gasteiger partial charge in [0, 0.05) is 6.42 Å². The van der Waals surface area contributed by atoms with Gasteiger partial charge < -0.3 is 10.4 Å². The smallest absolute Gasteiger partial charge is 0.307 e. The number of unbranched alkanes of at least 4 members (excludes halogenated alkanes) is 1. The van der Waals surface area contributed by atoms with Gasteiger partial charge in [-0.25, -0.2) is 0 Å². The maximum atomic E-state index is 12.0. The molecule has 0 aromatic carbocycles. The van der Waals surface area contributed by atoms with E-state index in [0.717, 1.165) is 38.3 Å². The molecule has 9 nitrogen and oxygen atoms in total. The summed E-state index contributed by atoms with van der Waals surface area (Å²) in [5.41, 5.74) is 0. The van der Waals surface area contributed by atoms with Crippen LogP contribution in [0, 0.1) is 11.8 Å². The molecule has 0 saturated carbocycles. The van der Waals surface area contributed by atoms with Crippen LogP contribution in [-0.4, -0.2) is 43.4 Å². The third-order valence-electron chi connectivity index (χ3n) is 4.02. The molecule has 0 saturated heterocycles. The minimum atomic E-state index is 0.0592. The van der Waals surface area contributed by atoms with Crippen LogP contribution in [0.3, 0.4) is 0 Å². The first-order valence-electron chi connectivity index (χ1n) is 9.47. The van der Waals surface area contributed by atoms with Crippen LogP contribution in [0.25, 0.3) is 0 Å². The molecular weight excluding hydrogens is 399 g/mol. The summed E-state index contributed by atoms with van der Waals surface area (Å²) in [5, 5.41) is 6.58. The highest BCUT2D eigenvalue weighted by Gasteiger charge is 2.17. The lowest BCUT2D eigenvalue weighted by Gasteiger charge is -2.21. The molecule has 0 radical (unpaired) electrons. The molecule has 4 unspecified atom stereocenters. The van der Waals surface area contributed by atoms with Crippen LogP contribution in [0.2, 0.25) is 0 Å². The topological polar surface area (TPSA) is 144 Å². The summed E-state index contributed by atoms with van der Waals surface area (Å²) in [7, 11) is 2.52. The van der Waals surface area contributed by atoms with Crippen LogP contribution < -0.4 is 10.4 Å². The second kappa shape index (κ2) is 30.9. The van der Waals surface area contributed by atoms with Gasteiger partial charge in [0.1, 0.15) is 5.78 Å². The molecule has 0 rings (SSSR count). The zero-order valence-electron chi connectivity index (χ0n) is 17.8. The standard InChI is InChI=1S/C16H35N2OP.3CO2/c1-5-13(3)11-14(4)12-17-15(16(19)6-2)9-7-8-10-18-20;3*2-1-3/h13-15,17-18H,5-12,20H2,1-4H3;;;. The van der Waals surface area contributed by atoms with Crippen molar-refractivity contribution >= 4 is 33.6 Å². The van der Waals surface area contributed by atoms with E-state index >= 15 is 0 Å². The molecule has 0 amide bonds. The minimum absolute atomic E-state index is 0.0592. The molecule has 4 atom stereocenters. The van der Waals surface area contributed by atoms with Gasteiger partial charge in [0.25, 0.3) is 0 Å². The number of carbonyl (C=O) groups is 1. The Bertz CT molecular complexity index is 443. The highest BCUT2D eigenvalue weighted by atomic mass is 31.0. The van der Waals surface area contributed by atoms with Gasteiger partial charge in [0.2, 0.25) is 0 Å². The molecule has 0 fully saturated rings. The number of ketones is 1. The van der Waals surface area contributed by atoms with Gasteiger partial charge in [0.15, 0.2) is 0 Å². The van der Waals surface area contributed by atoms with Crippen LogP contribution in [0.5, 0.6) is 0 Å². The van der Waals surface area contributed by atoms with Gasteiger partial charge in [-0.05, 0) is 44.2 Å². The van der Waals surface area contributed by atoms with Crippen LogP contribution in [0.15, 0.2) is 0 Å². The maximum absolute atomic E-state index is 12.0. The summed E-state index contributed by atoms with van der Waals surface area (Å²) in [4.78, 5) is 60.7.